The summed E-state index contributed by atoms with van der Waals surface area (Å²) in [5.41, 5.74) is 1.09. The molecule has 0 bridgehead atoms. The molecular formula is C26H46N2O10. The molecule has 4 N–H and O–H groups in total. The fraction of sp³-hybridized carbons (Fsp3) is 0.769. The highest BCUT2D eigenvalue weighted by molar-refractivity contribution is 5.40. The van der Waals surface area contributed by atoms with Gasteiger partial charge in [-0.2, -0.15) is 0 Å². The van der Waals surface area contributed by atoms with Crippen LogP contribution in [0.1, 0.15) is 5.56 Å². The predicted molar refractivity (Wildman–Crippen MR) is 140 cm³/mol. The topological polar surface area (TPSA) is 143 Å². The van der Waals surface area contributed by atoms with Gasteiger partial charge in [0.1, 0.15) is 23.7 Å². The van der Waals surface area contributed by atoms with E-state index in [9.17, 15) is 20.4 Å². The Morgan fingerprint density at radius 3 is 2.03 bits per heavy atom. The van der Waals surface area contributed by atoms with Crippen LogP contribution in [-0.2, 0) is 25.5 Å². The Morgan fingerprint density at radius 1 is 0.842 bits per heavy atom. The van der Waals surface area contributed by atoms with Gasteiger partial charge in [0.15, 0.2) is 0 Å². The van der Waals surface area contributed by atoms with Crippen molar-refractivity contribution in [1.29, 1.82) is 0 Å². The van der Waals surface area contributed by atoms with Gasteiger partial charge < -0.3 is 48.8 Å². The van der Waals surface area contributed by atoms with Gasteiger partial charge in [0, 0.05) is 37.8 Å². The van der Waals surface area contributed by atoms with Crippen LogP contribution in [0, 0.1) is 0 Å². The molecule has 1 aliphatic heterocycles. The molecule has 1 aromatic carbocycles. The number of aliphatic hydroxyl groups excluding tert-OH is 4. The number of rotatable bonds is 20. The van der Waals surface area contributed by atoms with Crippen LogP contribution in [0.5, 0.6) is 11.5 Å². The van der Waals surface area contributed by atoms with E-state index in [1.807, 2.05) is 25.2 Å². The second-order valence-corrected chi connectivity index (χ2v) is 9.16. The zero-order chi connectivity index (χ0) is 27.8. The van der Waals surface area contributed by atoms with Crippen LogP contribution in [0.15, 0.2) is 18.2 Å². The van der Waals surface area contributed by atoms with Crippen LogP contribution in [0.4, 0.5) is 0 Å². The number of methoxy groups -OCH3 is 2. The van der Waals surface area contributed by atoms with Gasteiger partial charge in [-0.15, -0.1) is 0 Å². The molecule has 12 nitrogen and oxygen atoms in total. The summed E-state index contributed by atoms with van der Waals surface area (Å²) in [6.45, 7) is 5.47. The number of hydrogen-bond acceptors (Lipinski definition) is 12. The van der Waals surface area contributed by atoms with Gasteiger partial charge in [0.25, 0.3) is 0 Å². The molecule has 1 aliphatic rings. The molecule has 0 aromatic heterocycles. The van der Waals surface area contributed by atoms with Crippen molar-refractivity contribution in [1.82, 2.24) is 9.80 Å². The van der Waals surface area contributed by atoms with Gasteiger partial charge in [0.2, 0.25) is 0 Å². The average Bonchev–Trinajstić information content (AvgIpc) is 2.92. The third-order valence-electron chi connectivity index (χ3n) is 6.41. The van der Waals surface area contributed by atoms with Crippen molar-refractivity contribution in [2.24, 2.45) is 0 Å². The largest absolute Gasteiger partial charge is 0.497 e. The Bertz CT molecular complexity index is 759. The van der Waals surface area contributed by atoms with Gasteiger partial charge in [-0.25, -0.2) is 0 Å². The highest BCUT2D eigenvalue weighted by Gasteiger charge is 2.40. The molecule has 1 fully saturated rings. The summed E-state index contributed by atoms with van der Waals surface area (Å²) in [7, 11) is 5.32. The van der Waals surface area contributed by atoms with Gasteiger partial charge in [0.05, 0.1) is 85.8 Å². The lowest BCUT2D eigenvalue weighted by molar-refractivity contribution is -0.147. The molecule has 1 aromatic rings. The van der Waals surface area contributed by atoms with Gasteiger partial charge >= 0.3 is 0 Å². The number of piperidine rings is 1. The van der Waals surface area contributed by atoms with Gasteiger partial charge in [-0.3, -0.25) is 9.80 Å². The highest BCUT2D eigenvalue weighted by Crippen LogP contribution is 2.25. The van der Waals surface area contributed by atoms with Crippen molar-refractivity contribution in [2.45, 2.75) is 30.9 Å². The minimum absolute atomic E-state index is 0.167. The summed E-state index contributed by atoms with van der Waals surface area (Å²) >= 11 is 0. The summed E-state index contributed by atoms with van der Waals surface area (Å²) < 4.78 is 32.9. The molecular weight excluding hydrogens is 500 g/mol. The molecule has 1 saturated heterocycles. The van der Waals surface area contributed by atoms with Crippen LogP contribution < -0.4 is 9.47 Å². The number of likely N-dealkylation sites (N-methyl/N-ethyl adjacent to an activating group) is 1. The van der Waals surface area contributed by atoms with E-state index in [0.717, 1.165) is 30.2 Å². The molecule has 0 spiro atoms. The first-order valence-electron chi connectivity index (χ1n) is 13.0. The smallest absolute Gasteiger partial charge is 0.127 e. The van der Waals surface area contributed by atoms with Crippen LogP contribution in [0.25, 0.3) is 0 Å². The molecule has 4 atom stereocenters. The quantitative estimate of drug-likeness (QED) is 0.148. The number of β-amino-alcohol motifs (C(OH)–C–C–N with tert-alkyl or cyclic N) is 1. The fourth-order valence-corrected chi connectivity index (χ4v) is 4.15. The summed E-state index contributed by atoms with van der Waals surface area (Å²) in [5, 5.41) is 39.0. The van der Waals surface area contributed by atoms with Crippen molar-refractivity contribution < 1.29 is 48.8 Å². The maximum atomic E-state index is 9.98. The maximum Gasteiger partial charge on any atom is 0.127 e. The number of ether oxygens (including phenoxy) is 6. The first-order chi connectivity index (χ1) is 18.4. The monoisotopic (exact) mass is 546 g/mol. The first kappa shape index (κ1) is 32.6. The molecule has 0 unspecified atom stereocenters. The van der Waals surface area contributed by atoms with Crippen LogP contribution in [0.3, 0.4) is 0 Å². The normalized spacial score (nSPS) is 22.2. The Hall–Kier alpha value is -1.58. The fourth-order valence-electron chi connectivity index (χ4n) is 4.15. The molecule has 0 amide bonds. The van der Waals surface area contributed by atoms with Gasteiger partial charge in [-0.05, 0) is 13.1 Å². The first-order valence-corrected chi connectivity index (χ1v) is 13.0. The Labute approximate surface area is 225 Å². The minimum Gasteiger partial charge on any atom is -0.497 e. The number of benzene rings is 1. The van der Waals surface area contributed by atoms with Crippen molar-refractivity contribution in [3.63, 3.8) is 0 Å². The van der Waals surface area contributed by atoms with Gasteiger partial charge in [-0.1, -0.05) is 6.07 Å². The summed E-state index contributed by atoms with van der Waals surface area (Å²) in [5.74, 6) is 1.57. The van der Waals surface area contributed by atoms with E-state index in [0.29, 0.717) is 59.4 Å². The molecule has 12 heteroatoms. The zero-order valence-electron chi connectivity index (χ0n) is 22.9. The van der Waals surface area contributed by atoms with E-state index < -0.39 is 24.4 Å². The Balaban J connectivity index is 1.40. The second kappa shape index (κ2) is 18.7. The molecule has 38 heavy (non-hydrogen) atoms. The number of likely N-dealkylation sites (tertiary alicyclic amines) is 1. The van der Waals surface area contributed by atoms with Crippen molar-refractivity contribution >= 4 is 0 Å². The average molecular weight is 547 g/mol. The van der Waals surface area contributed by atoms with Crippen molar-refractivity contribution in [2.75, 3.05) is 100 Å². The molecule has 220 valence electrons. The second-order valence-electron chi connectivity index (χ2n) is 9.16. The molecule has 2 rings (SSSR count). The van der Waals surface area contributed by atoms with E-state index in [1.54, 1.807) is 19.1 Å². The van der Waals surface area contributed by atoms with E-state index in [1.165, 1.54) is 0 Å². The molecule has 0 radical (unpaired) electrons. The summed E-state index contributed by atoms with van der Waals surface area (Å²) in [4.78, 5) is 3.88. The maximum absolute atomic E-state index is 9.98. The molecule has 0 saturated carbocycles. The predicted octanol–water partition coefficient (Wildman–Crippen LogP) is -1.04. The lowest BCUT2D eigenvalue weighted by atomic mass is 9.94. The van der Waals surface area contributed by atoms with Crippen LogP contribution in [0.2, 0.25) is 0 Å². The van der Waals surface area contributed by atoms with E-state index in [2.05, 4.69) is 4.90 Å². The number of aliphatic hydroxyl groups is 4. The Morgan fingerprint density at radius 2 is 1.45 bits per heavy atom. The third-order valence-corrected chi connectivity index (χ3v) is 6.41. The molecule has 1 heterocycles. The van der Waals surface area contributed by atoms with Crippen molar-refractivity contribution in [3.8, 4) is 11.5 Å². The minimum atomic E-state index is -1.26. The number of hydrogen-bond donors (Lipinski definition) is 4. The summed E-state index contributed by atoms with van der Waals surface area (Å²) in [6.07, 6.45) is -3.51. The lowest BCUT2D eigenvalue weighted by Gasteiger charge is -2.43. The van der Waals surface area contributed by atoms with E-state index in [-0.39, 0.29) is 13.2 Å². The van der Waals surface area contributed by atoms with E-state index in [4.69, 9.17) is 28.4 Å². The zero-order valence-corrected chi connectivity index (χ0v) is 22.9. The molecule has 0 aliphatic carbocycles. The Kier molecular flexibility index (Phi) is 16.0. The van der Waals surface area contributed by atoms with Crippen molar-refractivity contribution in [3.05, 3.63) is 23.8 Å². The third kappa shape index (κ3) is 11.3. The lowest BCUT2D eigenvalue weighted by Crippen LogP contribution is -2.62. The standard InChI is InChI=1S/C26H46N2O10/c1-27(17-20-4-5-21(33-2)16-24(20)34-3)6-8-35-10-12-37-14-15-38-13-11-36-9-7-28-18-23(30)26(32)25(31)22(28)19-29/h4-5,16,22-23,25-26,29-32H,6-15,17-19H2,1-3H3/t22-,23+,25-,26-/m1/s1. The SMILES string of the molecule is COc1ccc(CN(C)CCOCCOCCOCCOCCN2C[C@H](O)[C@@H](O)[C@H](O)[C@H]2CO)c(OC)c1. The number of nitrogens with zero attached hydrogens (tertiary/aromatic N) is 2. The van der Waals surface area contributed by atoms with E-state index >= 15 is 0 Å². The van der Waals surface area contributed by atoms with Crippen LogP contribution in [-0.4, -0.2) is 155 Å². The highest BCUT2D eigenvalue weighted by atomic mass is 16.6. The summed E-state index contributed by atoms with van der Waals surface area (Å²) in [6, 6.07) is 5.18. The van der Waals surface area contributed by atoms with Crippen LogP contribution >= 0.6 is 0 Å².